The minimum atomic E-state index is -0.779. The fourth-order valence-corrected chi connectivity index (χ4v) is 3.61. The van der Waals surface area contributed by atoms with E-state index in [1.165, 1.54) is 0 Å². The molecule has 1 amide bonds. The average molecular weight is 409 g/mol. The van der Waals surface area contributed by atoms with Crippen molar-refractivity contribution in [3.63, 3.8) is 0 Å². The van der Waals surface area contributed by atoms with Gasteiger partial charge in [0.25, 0.3) is 0 Å². The van der Waals surface area contributed by atoms with Crippen molar-refractivity contribution in [3.8, 4) is 0 Å². The molecule has 1 aromatic heterocycles. The maximum atomic E-state index is 12.3. The molecule has 0 unspecified atom stereocenters. The van der Waals surface area contributed by atoms with Crippen LogP contribution in [0.1, 0.15) is 65.3 Å². The van der Waals surface area contributed by atoms with Crippen LogP contribution in [-0.2, 0) is 30.3 Å². The first-order chi connectivity index (χ1) is 13.3. The Labute approximate surface area is 174 Å². The van der Waals surface area contributed by atoms with Crippen LogP contribution < -0.4 is 5.32 Å². The summed E-state index contributed by atoms with van der Waals surface area (Å²) < 4.78 is 19.3. The van der Waals surface area contributed by atoms with Gasteiger partial charge in [-0.3, -0.25) is 9.59 Å². The summed E-state index contributed by atoms with van der Waals surface area (Å²) in [5.74, 6) is -1.08. The second kappa shape index (κ2) is 9.30. The van der Waals surface area contributed by atoms with Gasteiger partial charge in [0.15, 0.2) is 5.79 Å². The largest absolute Gasteiger partial charge is 0.460 e. The fourth-order valence-electron chi connectivity index (χ4n) is 3.61. The minimum absolute atomic E-state index is 0.0241. The smallest absolute Gasteiger partial charge is 0.308 e. The van der Waals surface area contributed by atoms with Crippen molar-refractivity contribution in [2.45, 2.75) is 97.9 Å². The van der Waals surface area contributed by atoms with E-state index >= 15 is 0 Å². The van der Waals surface area contributed by atoms with Crippen molar-refractivity contribution in [2.24, 2.45) is 0 Å². The summed E-state index contributed by atoms with van der Waals surface area (Å²) >= 11 is 0. The van der Waals surface area contributed by atoms with E-state index in [2.05, 4.69) is 5.32 Å². The van der Waals surface area contributed by atoms with Gasteiger partial charge in [0, 0.05) is 24.4 Å². The molecule has 164 valence electrons. The zero-order valence-corrected chi connectivity index (χ0v) is 18.8. The average Bonchev–Trinajstić information content (AvgIpc) is 2.83. The van der Waals surface area contributed by atoms with Gasteiger partial charge in [-0.1, -0.05) is 0 Å². The Hall–Kier alpha value is -1.86. The molecule has 0 spiro atoms. The van der Waals surface area contributed by atoms with Crippen molar-refractivity contribution in [1.29, 1.82) is 0 Å². The number of rotatable bonds is 7. The first-order valence-corrected chi connectivity index (χ1v) is 10.3. The molecule has 0 aromatic carbocycles. The van der Waals surface area contributed by atoms with Crippen LogP contribution in [0.2, 0.25) is 0 Å². The molecular formula is C22H36N2O5. The molecule has 2 atom stereocenters. The Balaban J connectivity index is 1.81. The molecule has 2 heterocycles. The van der Waals surface area contributed by atoms with Gasteiger partial charge >= 0.3 is 5.97 Å². The molecular weight excluding hydrogens is 372 g/mol. The molecule has 1 aliphatic rings. The number of carbonyl (C=O) groups is 2. The summed E-state index contributed by atoms with van der Waals surface area (Å²) in [6, 6.07) is 4.01. The van der Waals surface area contributed by atoms with Crippen molar-refractivity contribution in [1.82, 2.24) is 9.88 Å². The lowest BCUT2D eigenvalue weighted by molar-refractivity contribution is -0.300. The molecule has 1 aliphatic heterocycles. The number of ether oxygens (including phenoxy) is 3. The number of esters is 1. The second-order valence-electron chi connectivity index (χ2n) is 9.25. The van der Waals surface area contributed by atoms with Gasteiger partial charge in [0.2, 0.25) is 5.91 Å². The van der Waals surface area contributed by atoms with E-state index in [1.807, 2.05) is 65.2 Å². The topological polar surface area (TPSA) is 78.8 Å². The van der Waals surface area contributed by atoms with E-state index in [1.54, 1.807) is 0 Å². The summed E-state index contributed by atoms with van der Waals surface area (Å²) in [5.41, 5.74) is 1.62. The van der Waals surface area contributed by atoms with Crippen LogP contribution in [0.5, 0.6) is 0 Å². The maximum Gasteiger partial charge on any atom is 0.308 e. The van der Waals surface area contributed by atoms with Gasteiger partial charge in [-0.05, 0) is 67.0 Å². The predicted octanol–water partition coefficient (Wildman–Crippen LogP) is 3.25. The van der Waals surface area contributed by atoms with E-state index in [0.717, 1.165) is 11.4 Å². The summed E-state index contributed by atoms with van der Waals surface area (Å²) in [7, 11) is 0. The lowest BCUT2D eigenvalue weighted by Crippen LogP contribution is -2.46. The second-order valence-corrected chi connectivity index (χ2v) is 9.25. The Bertz CT molecular complexity index is 698. The molecule has 1 N–H and O–H groups in total. The molecule has 1 fully saturated rings. The number of nitrogens with one attached hydrogen (secondary N) is 1. The number of aryl methyl sites for hydroxylation is 2. The molecule has 29 heavy (non-hydrogen) atoms. The highest BCUT2D eigenvalue weighted by Crippen LogP contribution is 2.30. The van der Waals surface area contributed by atoms with Gasteiger partial charge in [-0.2, -0.15) is 0 Å². The molecule has 0 bridgehead atoms. The third-order valence-corrected chi connectivity index (χ3v) is 4.75. The van der Waals surface area contributed by atoms with Crippen LogP contribution in [0.4, 0.5) is 0 Å². The maximum absolute atomic E-state index is 12.3. The van der Waals surface area contributed by atoms with Crippen molar-refractivity contribution in [3.05, 3.63) is 23.5 Å². The van der Waals surface area contributed by atoms with Crippen LogP contribution in [0.3, 0.4) is 0 Å². The number of aromatic nitrogens is 1. The zero-order valence-electron chi connectivity index (χ0n) is 18.8. The predicted molar refractivity (Wildman–Crippen MR) is 110 cm³/mol. The zero-order chi connectivity index (χ0) is 21.8. The molecule has 1 saturated heterocycles. The fraction of sp³-hybridized carbons (Fsp3) is 0.727. The number of hydrogen-bond donors (Lipinski definition) is 1. The molecule has 0 saturated carbocycles. The Morgan fingerprint density at radius 3 is 2.34 bits per heavy atom. The molecule has 0 aliphatic carbocycles. The van der Waals surface area contributed by atoms with Gasteiger partial charge in [-0.15, -0.1) is 0 Å². The van der Waals surface area contributed by atoms with Crippen LogP contribution in [0.25, 0.3) is 0 Å². The third kappa shape index (κ3) is 7.82. The lowest BCUT2D eigenvalue weighted by atomic mass is 10.0. The van der Waals surface area contributed by atoms with Crippen LogP contribution in [0.15, 0.2) is 12.1 Å². The number of nitrogens with zero attached hydrogens (tertiary/aromatic N) is 1. The Kier molecular flexibility index (Phi) is 7.51. The van der Waals surface area contributed by atoms with Gasteiger partial charge in [0.05, 0.1) is 18.6 Å². The van der Waals surface area contributed by atoms with Crippen LogP contribution >= 0.6 is 0 Å². The molecule has 0 radical (unpaired) electrons. The van der Waals surface area contributed by atoms with E-state index in [4.69, 9.17) is 14.2 Å². The Morgan fingerprint density at radius 1 is 1.17 bits per heavy atom. The lowest BCUT2D eigenvalue weighted by Gasteiger charge is -2.40. The van der Waals surface area contributed by atoms with E-state index in [9.17, 15) is 9.59 Å². The summed E-state index contributed by atoms with van der Waals surface area (Å²) in [5, 5.41) is 2.96. The van der Waals surface area contributed by atoms with Crippen LogP contribution in [-0.4, -0.2) is 46.6 Å². The third-order valence-electron chi connectivity index (χ3n) is 4.75. The number of hydrogen-bond acceptors (Lipinski definition) is 5. The SMILES string of the molecule is Cc1ccc(C)n1CC(=O)NCC[C@@H]1C[C@H](CC(=O)OC(C)(C)C)OC(C)(C)O1. The number of amides is 1. The van der Waals surface area contributed by atoms with Gasteiger partial charge in [0.1, 0.15) is 12.1 Å². The molecule has 7 heteroatoms. The van der Waals surface area contributed by atoms with Crippen molar-refractivity contribution < 1.29 is 23.8 Å². The van der Waals surface area contributed by atoms with Gasteiger partial charge in [-0.25, -0.2) is 0 Å². The highest BCUT2D eigenvalue weighted by molar-refractivity contribution is 5.75. The van der Waals surface area contributed by atoms with E-state index in [-0.39, 0.29) is 30.5 Å². The van der Waals surface area contributed by atoms with E-state index in [0.29, 0.717) is 25.9 Å². The standard InChI is InChI=1S/C22H36N2O5/c1-15-8-9-16(2)24(15)14-19(25)23-11-10-17-12-18(28-22(6,7)27-17)13-20(26)29-21(3,4)5/h8-9,17-18H,10-14H2,1-7H3,(H,23,25)/t17-,18-/m1/s1. The first-order valence-electron chi connectivity index (χ1n) is 10.3. The molecule has 1 aromatic rings. The summed E-state index contributed by atoms with van der Waals surface area (Å²) in [6.07, 6.45) is 1.08. The van der Waals surface area contributed by atoms with Crippen molar-refractivity contribution in [2.75, 3.05) is 6.54 Å². The summed E-state index contributed by atoms with van der Waals surface area (Å²) in [4.78, 5) is 24.4. The van der Waals surface area contributed by atoms with Crippen molar-refractivity contribution >= 4 is 11.9 Å². The minimum Gasteiger partial charge on any atom is -0.460 e. The van der Waals surface area contributed by atoms with Crippen LogP contribution in [0, 0.1) is 13.8 Å². The Morgan fingerprint density at radius 2 is 1.76 bits per heavy atom. The first kappa shape index (κ1) is 23.4. The van der Waals surface area contributed by atoms with Gasteiger partial charge < -0.3 is 24.1 Å². The number of carbonyl (C=O) groups excluding carboxylic acids is 2. The highest BCUT2D eigenvalue weighted by Gasteiger charge is 2.36. The summed E-state index contributed by atoms with van der Waals surface area (Å²) in [6.45, 7) is 14.0. The normalized spacial score (nSPS) is 21.6. The molecule has 7 nitrogen and oxygen atoms in total. The molecule has 2 rings (SSSR count). The monoisotopic (exact) mass is 408 g/mol. The quantitative estimate of drug-likeness (QED) is 0.701. The van der Waals surface area contributed by atoms with E-state index < -0.39 is 11.4 Å². The highest BCUT2D eigenvalue weighted by atomic mass is 16.7.